The van der Waals surface area contributed by atoms with Gasteiger partial charge in [-0.1, -0.05) is 23.7 Å². The van der Waals surface area contributed by atoms with Crippen molar-refractivity contribution in [3.63, 3.8) is 0 Å². The Balaban J connectivity index is 1.74. The molecule has 0 atom stereocenters. The first-order chi connectivity index (χ1) is 15.4. The maximum Gasteiger partial charge on any atom is 0.255 e. The van der Waals surface area contributed by atoms with Gasteiger partial charge < -0.3 is 19.7 Å². The fraction of sp³-hybridized carbons (Fsp3) is 0.360. The van der Waals surface area contributed by atoms with Crippen LogP contribution >= 0.6 is 11.6 Å². The monoisotopic (exact) mass is 456 g/mol. The van der Waals surface area contributed by atoms with E-state index in [0.29, 0.717) is 33.3 Å². The lowest BCUT2D eigenvalue weighted by atomic mass is 10.1. The third-order valence-electron chi connectivity index (χ3n) is 5.09. The maximum atomic E-state index is 12.9. The topological polar surface area (TPSA) is 67.9 Å². The van der Waals surface area contributed by atoms with Gasteiger partial charge in [-0.15, -0.1) is 0 Å². The molecule has 1 heterocycles. The minimum absolute atomic E-state index is 0.0539. The predicted molar refractivity (Wildman–Crippen MR) is 128 cm³/mol. The summed E-state index contributed by atoms with van der Waals surface area (Å²) in [6.45, 7) is 5.31. The molecule has 3 rings (SSSR count). The van der Waals surface area contributed by atoms with Crippen molar-refractivity contribution < 1.29 is 19.1 Å². The minimum Gasteiger partial charge on any atom is -0.493 e. The third kappa shape index (κ3) is 6.04. The van der Waals surface area contributed by atoms with Crippen LogP contribution in [-0.4, -0.2) is 43.0 Å². The van der Waals surface area contributed by atoms with Gasteiger partial charge in [-0.25, -0.2) is 0 Å². The van der Waals surface area contributed by atoms with Crippen LogP contribution in [0.2, 0.25) is 5.02 Å². The van der Waals surface area contributed by atoms with Gasteiger partial charge >= 0.3 is 0 Å². The van der Waals surface area contributed by atoms with Gasteiger partial charge in [0.2, 0.25) is 5.91 Å². The number of hydrogen-bond acceptors (Lipinski definition) is 4. The molecule has 0 spiro atoms. The third-order valence-corrected chi connectivity index (χ3v) is 5.37. The summed E-state index contributed by atoms with van der Waals surface area (Å²) in [4.78, 5) is 27.3. The Kier molecular flexibility index (Phi) is 8.17. The van der Waals surface area contributed by atoms with Crippen LogP contribution in [0.5, 0.6) is 11.5 Å². The summed E-state index contributed by atoms with van der Waals surface area (Å²) >= 11 is 6.35. The first kappa shape index (κ1) is 23.7. The molecule has 0 radical (unpaired) electrons. The standard InChI is InChI=1S/C25H29ClN2O4/c1-17(2)32-24-20(26)15-18(16-22(24)31-3)11-12-23(29)27-21-10-6-5-9-19(21)25(30)28-13-7-4-8-14-28/h5-6,9-12,15-17H,4,7-8,13-14H2,1-3H3,(H,27,29)/b12-11+. The Morgan fingerprint density at radius 1 is 1.12 bits per heavy atom. The molecule has 2 aromatic rings. The van der Waals surface area contributed by atoms with Gasteiger partial charge in [0.15, 0.2) is 11.5 Å². The van der Waals surface area contributed by atoms with Crippen LogP contribution in [0, 0.1) is 0 Å². The van der Waals surface area contributed by atoms with E-state index in [1.807, 2.05) is 18.7 Å². The highest BCUT2D eigenvalue weighted by Gasteiger charge is 2.21. The van der Waals surface area contributed by atoms with E-state index in [-0.39, 0.29) is 17.9 Å². The van der Waals surface area contributed by atoms with Crippen LogP contribution in [0.1, 0.15) is 49.0 Å². The van der Waals surface area contributed by atoms with Crippen LogP contribution < -0.4 is 14.8 Å². The van der Waals surface area contributed by atoms with E-state index in [1.54, 1.807) is 42.5 Å². The van der Waals surface area contributed by atoms with E-state index < -0.39 is 0 Å². The predicted octanol–water partition coefficient (Wildman–Crippen LogP) is 5.41. The van der Waals surface area contributed by atoms with E-state index in [4.69, 9.17) is 21.1 Å². The number of nitrogens with zero attached hydrogens (tertiary/aromatic N) is 1. The number of ether oxygens (including phenoxy) is 2. The lowest BCUT2D eigenvalue weighted by Crippen LogP contribution is -2.36. The molecule has 170 valence electrons. The van der Waals surface area contributed by atoms with Gasteiger partial charge in [-0.3, -0.25) is 9.59 Å². The molecule has 0 aromatic heterocycles. The summed E-state index contributed by atoms with van der Waals surface area (Å²) < 4.78 is 11.1. The van der Waals surface area contributed by atoms with Crippen molar-refractivity contribution in [3.05, 3.63) is 58.6 Å². The summed E-state index contributed by atoms with van der Waals surface area (Å²) in [5.41, 5.74) is 1.68. The van der Waals surface area contributed by atoms with Crippen molar-refractivity contribution in [1.82, 2.24) is 4.90 Å². The maximum absolute atomic E-state index is 12.9. The molecule has 1 saturated heterocycles. The number of hydrogen-bond donors (Lipinski definition) is 1. The molecular formula is C25H29ClN2O4. The second-order valence-corrected chi connectivity index (χ2v) is 8.33. The van der Waals surface area contributed by atoms with Crippen molar-refractivity contribution in [1.29, 1.82) is 0 Å². The Bertz CT molecular complexity index is 997. The highest BCUT2D eigenvalue weighted by Crippen LogP contribution is 2.37. The largest absolute Gasteiger partial charge is 0.493 e. The molecule has 6 nitrogen and oxygen atoms in total. The van der Waals surface area contributed by atoms with Crippen molar-refractivity contribution in [3.8, 4) is 11.5 Å². The molecule has 1 aliphatic rings. The first-order valence-electron chi connectivity index (χ1n) is 10.8. The van der Waals surface area contributed by atoms with Crippen molar-refractivity contribution >= 4 is 35.2 Å². The van der Waals surface area contributed by atoms with E-state index in [9.17, 15) is 9.59 Å². The summed E-state index contributed by atoms with van der Waals surface area (Å²) in [5, 5.41) is 3.22. The quantitative estimate of drug-likeness (QED) is 0.565. The van der Waals surface area contributed by atoms with Crippen molar-refractivity contribution in [2.45, 2.75) is 39.2 Å². The van der Waals surface area contributed by atoms with Gasteiger partial charge in [0, 0.05) is 19.2 Å². The van der Waals surface area contributed by atoms with Gasteiger partial charge in [0.1, 0.15) is 0 Å². The van der Waals surface area contributed by atoms with Crippen LogP contribution in [0.25, 0.3) is 6.08 Å². The number of methoxy groups -OCH3 is 1. The molecular weight excluding hydrogens is 428 g/mol. The Hall–Kier alpha value is -2.99. The molecule has 7 heteroatoms. The number of rotatable bonds is 7. The summed E-state index contributed by atoms with van der Waals surface area (Å²) in [6, 6.07) is 10.5. The van der Waals surface area contributed by atoms with Gasteiger partial charge in [0.25, 0.3) is 5.91 Å². The average Bonchev–Trinajstić information content (AvgIpc) is 2.79. The number of amides is 2. The second-order valence-electron chi connectivity index (χ2n) is 7.92. The highest BCUT2D eigenvalue weighted by atomic mass is 35.5. The fourth-order valence-electron chi connectivity index (χ4n) is 3.58. The number of carbonyl (C=O) groups is 2. The highest BCUT2D eigenvalue weighted by molar-refractivity contribution is 6.32. The fourth-order valence-corrected chi connectivity index (χ4v) is 3.84. The van der Waals surface area contributed by atoms with Gasteiger partial charge in [-0.05, 0) is 69.0 Å². The van der Waals surface area contributed by atoms with E-state index in [2.05, 4.69) is 5.32 Å². The van der Waals surface area contributed by atoms with E-state index >= 15 is 0 Å². The Labute approximate surface area is 194 Å². The Morgan fingerprint density at radius 2 is 1.84 bits per heavy atom. The van der Waals surface area contributed by atoms with E-state index in [0.717, 1.165) is 32.4 Å². The number of likely N-dealkylation sites (tertiary alicyclic amines) is 1. The molecule has 32 heavy (non-hydrogen) atoms. The SMILES string of the molecule is COc1cc(/C=C/C(=O)Nc2ccccc2C(=O)N2CCCCC2)cc(Cl)c1OC(C)C. The Morgan fingerprint density at radius 3 is 2.53 bits per heavy atom. The number of piperidine rings is 1. The summed E-state index contributed by atoms with van der Waals surface area (Å²) in [6.07, 6.45) is 6.15. The molecule has 0 unspecified atom stereocenters. The van der Waals surface area contributed by atoms with Crippen LogP contribution in [0.15, 0.2) is 42.5 Å². The van der Waals surface area contributed by atoms with E-state index in [1.165, 1.54) is 13.2 Å². The normalized spacial score (nSPS) is 14.0. The number of nitrogens with one attached hydrogen (secondary N) is 1. The minimum atomic E-state index is -0.346. The van der Waals surface area contributed by atoms with Crippen LogP contribution in [-0.2, 0) is 4.79 Å². The lowest BCUT2D eigenvalue weighted by Gasteiger charge is -2.27. The van der Waals surface area contributed by atoms with Gasteiger partial charge in [-0.2, -0.15) is 0 Å². The molecule has 0 bridgehead atoms. The number of anilines is 1. The number of carbonyl (C=O) groups excluding carboxylic acids is 2. The molecule has 2 aromatic carbocycles. The smallest absolute Gasteiger partial charge is 0.255 e. The van der Waals surface area contributed by atoms with Gasteiger partial charge in [0.05, 0.1) is 29.5 Å². The van der Waals surface area contributed by atoms with Crippen molar-refractivity contribution in [2.24, 2.45) is 0 Å². The molecule has 0 saturated carbocycles. The molecule has 1 fully saturated rings. The molecule has 2 amide bonds. The lowest BCUT2D eigenvalue weighted by molar-refractivity contribution is -0.111. The summed E-state index contributed by atoms with van der Waals surface area (Å²) in [7, 11) is 1.54. The molecule has 1 N–H and O–H groups in total. The average molecular weight is 457 g/mol. The zero-order valence-electron chi connectivity index (χ0n) is 18.7. The number of halogens is 1. The number of para-hydroxylation sites is 1. The first-order valence-corrected chi connectivity index (χ1v) is 11.2. The zero-order chi connectivity index (χ0) is 23.1. The van der Waals surface area contributed by atoms with Crippen LogP contribution in [0.4, 0.5) is 5.69 Å². The molecule has 1 aliphatic heterocycles. The summed E-state index contributed by atoms with van der Waals surface area (Å²) in [5.74, 6) is 0.558. The molecule has 0 aliphatic carbocycles. The second kappa shape index (κ2) is 11.0. The zero-order valence-corrected chi connectivity index (χ0v) is 19.4. The van der Waals surface area contributed by atoms with Crippen molar-refractivity contribution in [2.75, 3.05) is 25.5 Å². The number of benzene rings is 2. The van der Waals surface area contributed by atoms with Crippen LogP contribution in [0.3, 0.4) is 0 Å².